The van der Waals surface area contributed by atoms with Crippen LogP contribution in [0.15, 0.2) is 30.6 Å². The average Bonchev–Trinajstić information content (AvgIpc) is 3.04. The van der Waals surface area contributed by atoms with Gasteiger partial charge in [0, 0.05) is 35.5 Å². The molecular formula is C19H20ClF3N4O. The first-order valence-electron chi connectivity index (χ1n) is 8.87. The first-order valence-corrected chi connectivity index (χ1v) is 8.87. The molecule has 1 aliphatic rings. The molecule has 1 N–H and O–H groups in total. The van der Waals surface area contributed by atoms with Crippen LogP contribution in [0.25, 0.3) is 16.9 Å². The van der Waals surface area contributed by atoms with Crippen molar-refractivity contribution in [3.8, 4) is 17.0 Å². The number of hydrogen-bond acceptors (Lipinski definition) is 4. The van der Waals surface area contributed by atoms with Gasteiger partial charge in [0.05, 0.1) is 18.5 Å². The molecule has 0 saturated carbocycles. The first-order chi connectivity index (χ1) is 13.0. The molecule has 1 fully saturated rings. The lowest BCUT2D eigenvalue weighted by Crippen LogP contribution is -2.37. The molecule has 0 bridgehead atoms. The molecule has 9 heteroatoms. The summed E-state index contributed by atoms with van der Waals surface area (Å²) in [4.78, 5) is 7.40. The molecule has 5 nitrogen and oxygen atoms in total. The summed E-state index contributed by atoms with van der Waals surface area (Å²) >= 11 is 0. The number of hydrogen-bond donors (Lipinski definition) is 1. The van der Waals surface area contributed by atoms with E-state index in [1.54, 1.807) is 16.7 Å². The van der Waals surface area contributed by atoms with Crippen LogP contribution in [0.2, 0.25) is 0 Å². The Morgan fingerprint density at radius 3 is 2.50 bits per heavy atom. The Balaban J connectivity index is 0.00000225. The van der Waals surface area contributed by atoms with Crippen molar-refractivity contribution >= 4 is 18.1 Å². The number of nitrogens with zero attached hydrogens (tertiary/aromatic N) is 3. The second-order valence-corrected chi connectivity index (χ2v) is 6.57. The van der Waals surface area contributed by atoms with Crippen LogP contribution in [0.1, 0.15) is 25.3 Å². The highest BCUT2D eigenvalue weighted by molar-refractivity contribution is 5.85. The van der Waals surface area contributed by atoms with E-state index in [4.69, 9.17) is 4.74 Å². The van der Waals surface area contributed by atoms with E-state index in [2.05, 4.69) is 15.3 Å². The Bertz CT molecular complexity index is 968. The lowest BCUT2D eigenvalue weighted by atomic mass is 9.87. The number of fused-ring (bicyclic) bond motifs is 1. The highest BCUT2D eigenvalue weighted by Crippen LogP contribution is 2.41. The van der Waals surface area contributed by atoms with Gasteiger partial charge in [-0.05, 0) is 32.9 Å². The molecule has 1 aliphatic heterocycles. The monoisotopic (exact) mass is 412 g/mol. The smallest absolute Gasteiger partial charge is 0.216 e. The Kier molecular flexibility index (Phi) is 5.81. The predicted octanol–water partition coefficient (Wildman–Crippen LogP) is 4.04. The van der Waals surface area contributed by atoms with Gasteiger partial charge in [-0.15, -0.1) is 12.4 Å². The quantitative estimate of drug-likeness (QED) is 0.657. The van der Waals surface area contributed by atoms with Gasteiger partial charge in [0.25, 0.3) is 0 Å². The number of alkyl halides is 1. The standard InChI is InChI=1S/C19H19F3N4O.ClH/c1-2-27-15-9-18-24-10-14(12-7-16(20)25-17(21)8-12)26(18)11-13(15)19(22)3-5-23-6-4-19;/h7-11,23H,2-6H2,1H3;1H. The van der Waals surface area contributed by atoms with Crippen LogP contribution in [0.4, 0.5) is 13.2 Å². The van der Waals surface area contributed by atoms with Crippen LogP contribution in [0.3, 0.4) is 0 Å². The number of halogens is 4. The molecule has 150 valence electrons. The lowest BCUT2D eigenvalue weighted by molar-refractivity contribution is 0.110. The second-order valence-electron chi connectivity index (χ2n) is 6.57. The zero-order valence-corrected chi connectivity index (χ0v) is 16.0. The van der Waals surface area contributed by atoms with Crippen molar-refractivity contribution in [1.82, 2.24) is 19.7 Å². The van der Waals surface area contributed by atoms with Crippen molar-refractivity contribution in [2.24, 2.45) is 0 Å². The fourth-order valence-corrected chi connectivity index (χ4v) is 3.54. The Morgan fingerprint density at radius 2 is 1.86 bits per heavy atom. The second kappa shape index (κ2) is 7.97. The highest BCUT2D eigenvalue weighted by Gasteiger charge is 2.37. The molecular weight excluding hydrogens is 393 g/mol. The van der Waals surface area contributed by atoms with Crippen LogP contribution < -0.4 is 10.1 Å². The Morgan fingerprint density at radius 1 is 1.18 bits per heavy atom. The normalized spacial score (nSPS) is 16.0. The van der Waals surface area contributed by atoms with E-state index in [1.807, 2.05) is 6.92 Å². The molecule has 0 atom stereocenters. The maximum atomic E-state index is 15.7. The van der Waals surface area contributed by atoms with Crippen molar-refractivity contribution in [2.75, 3.05) is 19.7 Å². The van der Waals surface area contributed by atoms with Gasteiger partial charge in [0.1, 0.15) is 17.1 Å². The van der Waals surface area contributed by atoms with Crippen molar-refractivity contribution < 1.29 is 17.9 Å². The largest absolute Gasteiger partial charge is 0.493 e. The zero-order chi connectivity index (χ0) is 19.0. The summed E-state index contributed by atoms with van der Waals surface area (Å²) < 4.78 is 50.1. The number of imidazole rings is 1. The van der Waals surface area contributed by atoms with Gasteiger partial charge in [-0.2, -0.15) is 13.8 Å². The molecule has 0 radical (unpaired) electrons. The summed E-state index contributed by atoms with van der Waals surface area (Å²) in [6.45, 7) is 3.36. The minimum absolute atomic E-state index is 0. The van der Waals surface area contributed by atoms with E-state index in [9.17, 15) is 8.78 Å². The molecule has 3 aromatic heterocycles. The number of pyridine rings is 2. The number of aromatic nitrogens is 3. The molecule has 28 heavy (non-hydrogen) atoms. The van der Waals surface area contributed by atoms with E-state index < -0.39 is 17.6 Å². The van der Waals surface area contributed by atoms with E-state index >= 15 is 4.39 Å². The number of piperidine rings is 1. The third kappa shape index (κ3) is 3.66. The maximum absolute atomic E-state index is 15.7. The summed E-state index contributed by atoms with van der Waals surface area (Å²) in [7, 11) is 0. The van der Waals surface area contributed by atoms with Crippen LogP contribution in [0.5, 0.6) is 5.75 Å². The minimum atomic E-state index is -1.54. The Labute approximate surface area is 166 Å². The van der Waals surface area contributed by atoms with E-state index in [0.717, 1.165) is 12.1 Å². The highest BCUT2D eigenvalue weighted by atomic mass is 35.5. The lowest BCUT2D eigenvalue weighted by Gasteiger charge is -2.31. The van der Waals surface area contributed by atoms with E-state index in [0.29, 0.717) is 55.2 Å². The van der Waals surface area contributed by atoms with Gasteiger partial charge in [0.2, 0.25) is 11.9 Å². The molecule has 0 spiro atoms. The minimum Gasteiger partial charge on any atom is -0.493 e. The summed E-state index contributed by atoms with van der Waals surface area (Å²) in [6.07, 6.45) is 3.77. The van der Waals surface area contributed by atoms with Crippen molar-refractivity contribution in [2.45, 2.75) is 25.4 Å². The molecule has 0 aliphatic carbocycles. The van der Waals surface area contributed by atoms with E-state index in [1.165, 1.54) is 6.20 Å². The topological polar surface area (TPSA) is 51.5 Å². The first kappa shape index (κ1) is 20.4. The van der Waals surface area contributed by atoms with Gasteiger partial charge >= 0.3 is 0 Å². The van der Waals surface area contributed by atoms with Gasteiger partial charge in [0.15, 0.2) is 0 Å². The molecule has 1 saturated heterocycles. The van der Waals surface area contributed by atoms with Crippen molar-refractivity contribution in [3.63, 3.8) is 0 Å². The summed E-state index contributed by atoms with van der Waals surface area (Å²) in [5.41, 5.74) is 0.119. The summed E-state index contributed by atoms with van der Waals surface area (Å²) in [5.74, 6) is -1.41. The Hall–Kier alpha value is -2.32. The van der Waals surface area contributed by atoms with Gasteiger partial charge in [-0.3, -0.25) is 4.40 Å². The fraction of sp³-hybridized carbons (Fsp3) is 0.368. The molecule has 0 aromatic carbocycles. The summed E-state index contributed by atoms with van der Waals surface area (Å²) in [5, 5.41) is 3.15. The maximum Gasteiger partial charge on any atom is 0.216 e. The molecule has 4 rings (SSSR count). The van der Waals surface area contributed by atoms with Gasteiger partial charge < -0.3 is 10.1 Å². The van der Waals surface area contributed by atoms with Crippen LogP contribution in [-0.4, -0.2) is 34.1 Å². The molecule has 4 heterocycles. The molecule has 0 unspecified atom stereocenters. The SMILES string of the molecule is CCOc1cc2ncc(-c3cc(F)nc(F)c3)n2cc1C1(F)CCNCC1.Cl. The van der Waals surface area contributed by atoms with Crippen LogP contribution >= 0.6 is 12.4 Å². The fourth-order valence-electron chi connectivity index (χ4n) is 3.54. The third-order valence-electron chi connectivity index (χ3n) is 4.85. The molecule has 3 aromatic rings. The van der Waals surface area contributed by atoms with Crippen LogP contribution in [-0.2, 0) is 5.67 Å². The van der Waals surface area contributed by atoms with Crippen molar-refractivity contribution in [3.05, 3.63) is 48.1 Å². The number of ether oxygens (including phenoxy) is 1. The predicted molar refractivity (Wildman–Crippen MR) is 102 cm³/mol. The van der Waals surface area contributed by atoms with E-state index in [-0.39, 0.29) is 18.0 Å². The van der Waals surface area contributed by atoms with Crippen LogP contribution in [0, 0.1) is 11.9 Å². The molecule has 0 amide bonds. The van der Waals surface area contributed by atoms with Gasteiger partial charge in [-0.25, -0.2) is 9.37 Å². The third-order valence-corrected chi connectivity index (χ3v) is 4.85. The number of nitrogens with one attached hydrogen (secondary N) is 1. The van der Waals surface area contributed by atoms with Crippen molar-refractivity contribution in [1.29, 1.82) is 0 Å². The summed E-state index contributed by atoms with van der Waals surface area (Å²) in [6, 6.07) is 3.91. The average molecular weight is 413 g/mol. The van der Waals surface area contributed by atoms with Gasteiger partial charge in [-0.1, -0.05) is 0 Å². The zero-order valence-electron chi connectivity index (χ0n) is 15.2. The number of rotatable bonds is 4.